The summed E-state index contributed by atoms with van der Waals surface area (Å²) in [6.45, 7) is 5.38. The van der Waals surface area contributed by atoms with Crippen LogP contribution >= 0.6 is 0 Å². The highest BCUT2D eigenvalue weighted by Gasteiger charge is 2.24. The number of aldehydes is 1. The summed E-state index contributed by atoms with van der Waals surface area (Å²) in [5.74, 6) is 1.05. The van der Waals surface area contributed by atoms with Crippen LogP contribution in [0.3, 0.4) is 0 Å². The van der Waals surface area contributed by atoms with Crippen molar-refractivity contribution in [2.45, 2.75) is 51.9 Å². The number of aliphatic imine (C=N–C) groups is 1. The van der Waals surface area contributed by atoms with Crippen LogP contribution in [0.1, 0.15) is 60.4 Å². The van der Waals surface area contributed by atoms with E-state index in [0.29, 0.717) is 24.4 Å². The number of carbonyl (C=O) groups excluding carboxylic acids is 1. The minimum Gasteiger partial charge on any atom is -0.494 e. The van der Waals surface area contributed by atoms with Gasteiger partial charge in [-0.15, -0.1) is 0 Å². The molecule has 0 spiro atoms. The maximum absolute atomic E-state index is 12.2. The minimum absolute atomic E-state index is 0.167. The van der Waals surface area contributed by atoms with Crippen molar-refractivity contribution in [3.63, 3.8) is 0 Å². The van der Waals surface area contributed by atoms with Gasteiger partial charge in [-0.2, -0.15) is 5.26 Å². The van der Waals surface area contributed by atoms with Gasteiger partial charge in [0.25, 0.3) is 6.02 Å². The summed E-state index contributed by atoms with van der Waals surface area (Å²) >= 11 is 0. The molecule has 0 bridgehead atoms. The molecule has 3 aromatic rings. The lowest BCUT2D eigenvalue weighted by Gasteiger charge is -2.37. The first-order valence-corrected chi connectivity index (χ1v) is 14.9. The number of unbranched alkanes of at least 4 members (excludes halogenated alkanes) is 1. The van der Waals surface area contributed by atoms with Crippen LogP contribution in [0.25, 0.3) is 6.08 Å². The van der Waals surface area contributed by atoms with Crippen molar-refractivity contribution in [3.05, 3.63) is 94.2 Å². The Morgan fingerprint density at radius 3 is 2.48 bits per heavy atom. The molecular formula is C35H38N4O3. The van der Waals surface area contributed by atoms with Crippen LogP contribution in [-0.2, 0) is 28.8 Å². The second-order valence-corrected chi connectivity index (χ2v) is 10.7. The largest absolute Gasteiger partial charge is 0.494 e. The number of benzene rings is 3. The van der Waals surface area contributed by atoms with Gasteiger partial charge in [0.2, 0.25) is 0 Å². The highest BCUT2D eigenvalue weighted by molar-refractivity contribution is 5.94. The molecule has 3 aromatic carbocycles. The second kappa shape index (κ2) is 14.4. The van der Waals surface area contributed by atoms with E-state index >= 15 is 0 Å². The summed E-state index contributed by atoms with van der Waals surface area (Å²) in [6, 6.07) is 22.1. The molecule has 0 aromatic heterocycles. The van der Waals surface area contributed by atoms with Crippen molar-refractivity contribution in [2.75, 3.05) is 36.5 Å². The number of carbonyl (C=O) groups is 1. The highest BCUT2D eigenvalue weighted by Crippen LogP contribution is 2.36. The molecule has 0 saturated heterocycles. The maximum atomic E-state index is 12.2. The first-order chi connectivity index (χ1) is 20.7. The van der Waals surface area contributed by atoms with E-state index in [0.717, 1.165) is 75.6 Å². The van der Waals surface area contributed by atoms with Gasteiger partial charge in [0.1, 0.15) is 11.8 Å². The first kappa shape index (κ1) is 28.9. The number of hydrogen-bond donors (Lipinski definition) is 1. The number of para-hydroxylation sites is 1. The number of aryl methyl sites for hydroxylation is 3. The molecule has 216 valence electrons. The molecule has 0 amide bonds. The molecule has 0 radical (unpaired) electrons. The van der Waals surface area contributed by atoms with Gasteiger partial charge >= 0.3 is 0 Å². The molecule has 0 unspecified atom stereocenters. The van der Waals surface area contributed by atoms with E-state index in [1.165, 1.54) is 22.4 Å². The molecule has 0 saturated carbocycles. The Kier molecular flexibility index (Phi) is 9.90. The average Bonchev–Trinajstić information content (AvgIpc) is 3.02. The van der Waals surface area contributed by atoms with Crippen LogP contribution in [0.4, 0.5) is 11.4 Å². The van der Waals surface area contributed by atoms with Gasteiger partial charge in [-0.05, 0) is 117 Å². The van der Waals surface area contributed by atoms with Crippen LogP contribution in [-0.4, -0.2) is 38.5 Å². The van der Waals surface area contributed by atoms with E-state index in [1.807, 2.05) is 31.2 Å². The quantitative estimate of drug-likeness (QED) is 0.0699. The zero-order valence-electron chi connectivity index (χ0n) is 24.3. The topological polar surface area (TPSA) is 87.0 Å². The predicted octanol–water partition coefficient (Wildman–Crippen LogP) is 6.70. The number of nitrogens with one attached hydrogen (secondary N) is 1. The Hall–Kier alpha value is -4.57. The van der Waals surface area contributed by atoms with E-state index in [1.54, 1.807) is 18.2 Å². The number of ether oxygens (including phenoxy) is 2. The van der Waals surface area contributed by atoms with Crippen molar-refractivity contribution in [2.24, 2.45) is 4.99 Å². The summed E-state index contributed by atoms with van der Waals surface area (Å²) in [5.41, 5.74) is 7.34. The second-order valence-electron chi connectivity index (χ2n) is 10.7. The number of anilines is 2. The molecule has 1 N–H and O–H groups in total. The summed E-state index contributed by atoms with van der Waals surface area (Å²) in [5, 5.41) is 12.7. The zero-order valence-corrected chi connectivity index (χ0v) is 24.3. The fourth-order valence-corrected chi connectivity index (χ4v) is 5.72. The van der Waals surface area contributed by atoms with Crippen LogP contribution in [0.15, 0.2) is 71.4 Å². The van der Waals surface area contributed by atoms with E-state index in [-0.39, 0.29) is 11.8 Å². The van der Waals surface area contributed by atoms with E-state index in [2.05, 4.69) is 45.5 Å². The molecule has 0 fully saturated rings. The Morgan fingerprint density at radius 2 is 1.79 bits per heavy atom. The Balaban J connectivity index is 1.30. The molecule has 7 heteroatoms. The van der Waals surface area contributed by atoms with E-state index < -0.39 is 0 Å². The molecule has 0 aliphatic carbocycles. The number of allylic oxidation sites excluding steroid dienone is 1. The van der Waals surface area contributed by atoms with Crippen LogP contribution in [0.2, 0.25) is 0 Å². The summed E-state index contributed by atoms with van der Waals surface area (Å²) in [7, 11) is 0. The SMILES string of the molecule is CCOc1ccc(CCCCN=C(Nc2ccccc2C#N)O/C(C=O)=C/c2cc3c4c(c2)CCCN4CCC3)cc1. The molecule has 2 aliphatic rings. The van der Waals surface area contributed by atoms with Crippen LogP contribution < -0.4 is 15.0 Å². The molecule has 2 heterocycles. The normalized spacial score (nSPS) is 14.5. The van der Waals surface area contributed by atoms with Crippen LogP contribution in [0, 0.1) is 11.3 Å². The first-order valence-electron chi connectivity index (χ1n) is 14.9. The molecule has 2 aliphatic heterocycles. The molecular weight excluding hydrogens is 524 g/mol. The number of amidine groups is 1. The lowest BCUT2D eigenvalue weighted by atomic mass is 9.90. The summed E-state index contributed by atoms with van der Waals surface area (Å²) in [4.78, 5) is 19.3. The van der Waals surface area contributed by atoms with Crippen molar-refractivity contribution in [1.82, 2.24) is 0 Å². The van der Waals surface area contributed by atoms with Gasteiger partial charge < -0.3 is 19.7 Å². The smallest absolute Gasteiger partial charge is 0.294 e. The van der Waals surface area contributed by atoms with Gasteiger partial charge in [-0.25, -0.2) is 4.99 Å². The number of rotatable bonds is 11. The highest BCUT2D eigenvalue weighted by atomic mass is 16.5. The van der Waals surface area contributed by atoms with Crippen molar-refractivity contribution < 1.29 is 14.3 Å². The van der Waals surface area contributed by atoms with Gasteiger partial charge in [0.15, 0.2) is 12.0 Å². The zero-order chi connectivity index (χ0) is 29.1. The van der Waals surface area contributed by atoms with Crippen molar-refractivity contribution in [3.8, 4) is 11.8 Å². The maximum Gasteiger partial charge on any atom is 0.294 e. The van der Waals surface area contributed by atoms with E-state index in [9.17, 15) is 10.1 Å². The molecule has 0 atom stereocenters. The van der Waals surface area contributed by atoms with Crippen molar-refractivity contribution in [1.29, 1.82) is 5.26 Å². The fraction of sp³-hybridized carbons (Fsp3) is 0.343. The predicted molar refractivity (Wildman–Crippen MR) is 168 cm³/mol. The third-order valence-electron chi connectivity index (χ3n) is 7.65. The number of nitriles is 1. The van der Waals surface area contributed by atoms with Gasteiger partial charge in [0, 0.05) is 25.3 Å². The third kappa shape index (κ3) is 7.38. The number of nitrogens with zero attached hydrogens (tertiary/aromatic N) is 3. The van der Waals surface area contributed by atoms with E-state index in [4.69, 9.17) is 9.47 Å². The average molecular weight is 563 g/mol. The Labute approximate surface area is 248 Å². The Morgan fingerprint density at radius 1 is 1.05 bits per heavy atom. The van der Waals surface area contributed by atoms with Gasteiger partial charge in [0.05, 0.1) is 17.9 Å². The third-order valence-corrected chi connectivity index (χ3v) is 7.65. The minimum atomic E-state index is 0.167. The standard InChI is InChI=1S/C35H38N4O3/c1-2-41-31-16-14-26(15-17-31)9-5-6-18-37-35(38-33-13-4-3-10-30(33)24-36)42-32(25-40)23-27-21-28-11-7-19-39-20-8-12-29(22-27)34(28)39/h3-4,10,13-17,21-23,25H,2,5-9,11-12,18-20H2,1H3,(H,37,38)/b32-23+. The molecule has 7 nitrogen and oxygen atoms in total. The fourth-order valence-electron chi connectivity index (χ4n) is 5.72. The summed E-state index contributed by atoms with van der Waals surface area (Å²) in [6.07, 6.45) is 9.62. The molecule has 5 rings (SSSR count). The monoisotopic (exact) mass is 562 g/mol. The number of hydrogen-bond acceptors (Lipinski definition) is 6. The lowest BCUT2D eigenvalue weighted by molar-refractivity contribution is -0.106. The Bertz CT molecular complexity index is 1460. The van der Waals surface area contributed by atoms with Gasteiger partial charge in [-0.1, -0.05) is 24.3 Å². The van der Waals surface area contributed by atoms with Gasteiger partial charge in [-0.3, -0.25) is 4.79 Å². The lowest BCUT2D eigenvalue weighted by Crippen LogP contribution is -2.34. The van der Waals surface area contributed by atoms with Crippen molar-refractivity contribution >= 4 is 29.8 Å². The summed E-state index contributed by atoms with van der Waals surface area (Å²) < 4.78 is 11.6. The molecule has 42 heavy (non-hydrogen) atoms. The van der Waals surface area contributed by atoms with Crippen LogP contribution in [0.5, 0.6) is 5.75 Å².